The zero-order chi connectivity index (χ0) is 19.3. The molecular formula is C21H30N4O2. The third-order valence-corrected chi connectivity index (χ3v) is 5.23. The number of amides is 1. The minimum Gasteiger partial charge on any atom is -0.459 e. The van der Waals surface area contributed by atoms with Crippen molar-refractivity contribution in [1.29, 1.82) is 0 Å². The van der Waals surface area contributed by atoms with Crippen LogP contribution in [0.1, 0.15) is 38.4 Å². The van der Waals surface area contributed by atoms with Crippen molar-refractivity contribution < 1.29 is 9.21 Å². The third kappa shape index (κ3) is 4.43. The number of furan rings is 1. The van der Waals surface area contributed by atoms with Crippen LogP contribution in [0.2, 0.25) is 0 Å². The van der Waals surface area contributed by atoms with E-state index < -0.39 is 0 Å². The first kappa shape index (κ1) is 19.3. The lowest BCUT2D eigenvalue weighted by atomic mass is 9.84. The van der Waals surface area contributed by atoms with Crippen LogP contribution >= 0.6 is 0 Å². The van der Waals surface area contributed by atoms with Crippen molar-refractivity contribution in [3.8, 4) is 0 Å². The number of carbonyl (C=O) groups excluding carboxylic acids is 1. The number of nitrogens with one attached hydrogen (secondary N) is 2. The van der Waals surface area contributed by atoms with Crippen molar-refractivity contribution in [2.24, 2.45) is 10.4 Å². The standard InChI is InChI=1S/C21H30N4O2/c1-4-22-20(23-14-17-13-16-9-5-6-10-18(16)27-17)24-15-21(11-7-8-12-21)19(26)25(2)3/h5-6,9-10,13H,4,7-8,11-12,14-15H2,1-3H3,(H2,22,23,24). The summed E-state index contributed by atoms with van der Waals surface area (Å²) in [4.78, 5) is 19.1. The van der Waals surface area contributed by atoms with Crippen LogP contribution < -0.4 is 10.6 Å². The highest BCUT2D eigenvalue weighted by atomic mass is 16.3. The highest BCUT2D eigenvalue weighted by Gasteiger charge is 2.42. The van der Waals surface area contributed by atoms with Crippen LogP contribution in [0.4, 0.5) is 0 Å². The van der Waals surface area contributed by atoms with E-state index >= 15 is 0 Å². The summed E-state index contributed by atoms with van der Waals surface area (Å²) in [6.45, 7) is 3.86. The molecule has 0 spiro atoms. The number of para-hydroxylation sites is 1. The Hall–Kier alpha value is -2.50. The molecule has 1 aromatic heterocycles. The molecule has 1 aliphatic rings. The molecular weight excluding hydrogens is 340 g/mol. The summed E-state index contributed by atoms with van der Waals surface area (Å²) in [7, 11) is 3.67. The molecule has 0 aliphatic heterocycles. The van der Waals surface area contributed by atoms with Crippen molar-refractivity contribution in [2.75, 3.05) is 27.2 Å². The number of rotatable bonds is 6. The maximum absolute atomic E-state index is 12.7. The molecule has 0 radical (unpaired) electrons. The molecule has 2 N–H and O–H groups in total. The van der Waals surface area contributed by atoms with Crippen LogP contribution in [-0.2, 0) is 11.3 Å². The predicted octanol–water partition coefficient (Wildman–Crippen LogP) is 3.14. The van der Waals surface area contributed by atoms with Crippen molar-refractivity contribution in [3.05, 3.63) is 36.1 Å². The number of guanidine groups is 1. The number of benzene rings is 1. The van der Waals surface area contributed by atoms with Crippen LogP contribution in [0.15, 0.2) is 39.7 Å². The van der Waals surface area contributed by atoms with Gasteiger partial charge in [-0.1, -0.05) is 31.0 Å². The van der Waals surface area contributed by atoms with E-state index in [1.807, 2.05) is 51.4 Å². The van der Waals surface area contributed by atoms with E-state index in [0.29, 0.717) is 13.1 Å². The van der Waals surface area contributed by atoms with Gasteiger partial charge < -0.3 is 20.0 Å². The van der Waals surface area contributed by atoms with Gasteiger partial charge in [0.2, 0.25) is 5.91 Å². The Morgan fingerprint density at radius 3 is 2.63 bits per heavy atom. The molecule has 1 aliphatic carbocycles. The molecule has 27 heavy (non-hydrogen) atoms. The van der Waals surface area contributed by atoms with E-state index in [1.54, 1.807) is 4.90 Å². The molecule has 6 nitrogen and oxygen atoms in total. The second-order valence-electron chi connectivity index (χ2n) is 7.49. The Balaban J connectivity index is 1.69. The van der Waals surface area contributed by atoms with Gasteiger partial charge in [-0.05, 0) is 31.9 Å². The molecule has 6 heteroatoms. The van der Waals surface area contributed by atoms with Gasteiger partial charge in [-0.2, -0.15) is 0 Å². The predicted molar refractivity (Wildman–Crippen MR) is 109 cm³/mol. The average Bonchev–Trinajstić information content (AvgIpc) is 3.30. The number of hydrogen-bond acceptors (Lipinski definition) is 3. The molecule has 0 bridgehead atoms. The fourth-order valence-corrected chi connectivity index (χ4v) is 3.86. The van der Waals surface area contributed by atoms with E-state index in [-0.39, 0.29) is 11.3 Å². The van der Waals surface area contributed by atoms with Crippen molar-refractivity contribution >= 4 is 22.8 Å². The number of nitrogens with zero attached hydrogens (tertiary/aromatic N) is 2. The first-order valence-electron chi connectivity index (χ1n) is 9.75. The highest BCUT2D eigenvalue weighted by Crippen LogP contribution is 2.38. The van der Waals surface area contributed by atoms with Gasteiger partial charge in [0.25, 0.3) is 0 Å². The molecule has 1 fully saturated rings. The maximum Gasteiger partial charge on any atom is 0.230 e. The second-order valence-corrected chi connectivity index (χ2v) is 7.49. The van der Waals surface area contributed by atoms with Gasteiger partial charge in [0.15, 0.2) is 5.96 Å². The van der Waals surface area contributed by atoms with Crippen molar-refractivity contribution in [1.82, 2.24) is 15.5 Å². The maximum atomic E-state index is 12.7. The van der Waals surface area contributed by atoms with E-state index in [9.17, 15) is 4.79 Å². The first-order chi connectivity index (χ1) is 13.0. The largest absolute Gasteiger partial charge is 0.459 e. The lowest BCUT2D eigenvalue weighted by molar-refractivity contribution is -0.138. The van der Waals surface area contributed by atoms with E-state index in [1.165, 1.54) is 0 Å². The minimum atomic E-state index is -0.320. The van der Waals surface area contributed by atoms with E-state index in [2.05, 4.69) is 15.6 Å². The zero-order valence-electron chi connectivity index (χ0n) is 16.5. The molecule has 0 atom stereocenters. The first-order valence-corrected chi connectivity index (χ1v) is 9.75. The molecule has 0 saturated heterocycles. The van der Waals surface area contributed by atoms with Gasteiger partial charge in [-0.25, -0.2) is 4.99 Å². The number of fused-ring (bicyclic) bond motifs is 1. The minimum absolute atomic E-state index is 0.209. The SMILES string of the molecule is CCNC(=NCc1cc2ccccc2o1)NCC1(C(=O)N(C)C)CCCC1. The fraction of sp³-hybridized carbons (Fsp3) is 0.524. The topological polar surface area (TPSA) is 69.9 Å². The Morgan fingerprint density at radius 1 is 1.22 bits per heavy atom. The molecule has 2 aromatic rings. The molecule has 1 heterocycles. The molecule has 1 aromatic carbocycles. The summed E-state index contributed by atoms with van der Waals surface area (Å²) in [6, 6.07) is 9.98. The summed E-state index contributed by atoms with van der Waals surface area (Å²) in [5, 5.41) is 7.75. The zero-order valence-corrected chi connectivity index (χ0v) is 16.5. The van der Waals surface area contributed by atoms with Crippen LogP contribution in [0.5, 0.6) is 0 Å². The van der Waals surface area contributed by atoms with E-state index in [4.69, 9.17) is 4.42 Å². The van der Waals surface area contributed by atoms with Crippen LogP contribution in [-0.4, -0.2) is 44.0 Å². The average molecular weight is 370 g/mol. The van der Waals surface area contributed by atoms with Gasteiger partial charge in [0.1, 0.15) is 17.9 Å². The van der Waals surface area contributed by atoms with Gasteiger partial charge in [-0.15, -0.1) is 0 Å². The van der Waals surface area contributed by atoms with Gasteiger partial charge >= 0.3 is 0 Å². The molecule has 1 saturated carbocycles. The Kier molecular flexibility index (Phi) is 6.04. The van der Waals surface area contributed by atoms with Gasteiger partial charge in [0, 0.05) is 32.6 Å². The van der Waals surface area contributed by atoms with Crippen LogP contribution in [0, 0.1) is 5.41 Å². The van der Waals surface area contributed by atoms with Crippen molar-refractivity contribution in [2.45, 2.75) is 39.2 Å². The Morgan fingerprint density at radius 2 is 1.96 bits per heavy atom. The number of aliphatic imine (C=N–C) groups is 1. The number of carbonyl (C=O) groups is 1. The normalized spacial score (nSPS) is 16.5. The number of hydrogen-bond donors (Lipinski definition) is 2. The summed E-state index contributed by atoms with van der Waals surface area (Å²) < 4.78 is 5.84. The quantitative estimate of drug-likeness (QED) is 0.605. The summed E-state index contributed by atoms with van der Waals surface area (Å²) in [5.74, 6) is 1.75. The van der Waals surface area contributed by atoms with Crippen LogP contribution in [0.3, 0.4) is 0 Å². The summed E-state index contributed by atoms with van der Waals surface area (Å²) in [5.41, 5.74) is 0.557. The molecule has 1 amide bonds. The third-order valence-electron chi connectivity index (χ3n) is 5.23. The van der Waals surface area contributed by atoms with Crippen molar-refractivity contribution in [3.63, 3.8) is 0 Å². The summed E-state index contributed by atoms with van der Waals surface area (Å²) >= 11 is 0. The Labute approximate surface area is 161 Å². The lowest BCUT2D eigenvalue weighted by Crippen LogP contribution is -2.49. The monoisotopic (exact) mass is 370 g/mol. The van der Waals surface area contributed by atoms with Crippen LogP contribution in [0.25, 0.3) is 11.0 Å². The summed E-state index contributed by atoms with van der Waals surface area (Å²) in [6.07, 6.45) is 4.07. The van der Waals surface area contributed by atoms with E-state index in [0.717, 1.165) is 54.9 Å². The smallest absolute Gasteiger partial charge is 0.230 e. The fourth-order valence-electron chi connectivity index (χ4n) is 3.86. The molecule has 146 valence electrons. The lowest BCUT2D eigenvalue weighted by Gasteiger charge is -2.31. The molecule has 3 rings (SSSR count). The van der Waals surface area contributed by atoms with Gasteiger partial charge in [-0.3, -0.25) is 4.79 Å². The highest BCUT2D eigenvalue weighted by molar-refractivity contribution is 5.85. The Bertz CT molecular complexity index is 770. The van der Waals surface area contributed by atoms with Gasteiger partial charge in [0.05, 0.1) is 5.41 Å². The second kappa shape index (κ2) is 8.46. The molecule has 0 unspecified atom stereocenters.